The van der Waals surface area contributed by atoms with Crippen molar-refractivity contribution in [3.63, 3.8) is 0 Å². The number of aliphatic carboxylic acids is 1. The molecule has 0 aromatic heterocycles. The molecule has 98 valence electrons. The maximum atomic E-state index is 11.2. The van der Waals surface area contributed by atoms with Gasteiger partial charge in [-0.1, -0.05) is 13.8 Å². The summed E-state index contributed by atoms with van der Waals surface area (Å²) >= 11 is 0. The molecule has 0 spiro atoms. The van der Waals surface area contributed by atoms with Crippen LogP contribution in [0.25, 0.3) is 0 Å². The van der Waals surface area contributed by atoms with E-state index >= 15 is 0 Å². The van der Waals surface area contributed by atoms with E-state index in [1.165, 1.54) is 6.92 Å². The number of amides is 3. The van der Waals surface area contributed by atoms with Crippen LogP contribution in [0.15, 0.2) is 0 Å². The van der Waals surface area contributed by atoms with Gasteiger partial charge in [0.1, 0.15) is 6.04 Å². The molecule has 0 bridgehead atoms. The minimum atomic E-state index is -1.05. The molecule has 0 aliphatic heterocycles. The summed E-state index contributed by atoms with van der Waals surface area (Å²) in [6.45, 7) is 5.52. The molecule has 0 aromatic rings. The van der Waals surface area contributed by atoms with Crippen molar-refractivity contribution in [2.45, 2.75) is 26.8 Å². The van der Waals surface area contributed by atoms with Crippen molar-refractivity contribution in [2.24, 2.45) is 5.92 Å². The summed E-state index contributed by atoms with van der Waals surface area (Å²) < 4.78 is 0. The molecule has 1 unspecified atom stereocenters. The minimum absolute atomic E-state index is 0.220. The molecule has 0 heterocycles. The van der Waals surface area contributed by atoms with Gasteiger partial charge in [0.15, 0.2) is 0 Å². The predicted molar refractivity (Wildman–Crippen MR) is 61.5 cm³/mol. The first-order valence-corrected chi connectivity index (χ1v) is 5.36. The molecule has 4 N–H and O–H groups in total. The summed E-state index contributed by atoms with van der Waals surface area (Å²) in [6, 6.07) is -1.41. The Morgan fingerprint density at radius 1 is 1.18 bits per heavy atom. The van der Waals surface area contributed by atoms with Crippen LogP contribution in [-0.2, 0) is 9.59 Å². The van der Waals surface area contributed by atoms with Crippen LogP contribution in [0.1, 0.15) is 20.8 Å². The molecule has 0 saturated heterocycles. The first-order valence-electron chi connectivity index (χ1n) is 5.36. The molecule has 0 rings (SSSR count). The lowest BCUT2D eigenvalue weighted by molar-refractivity contribution is -0.139. The molecule has 7 heteroatoms. The van der Waals surface area contributed by atoms with Crippen molar-refractivity contribution in [1.29, 1.82) is 0 Å². The van der Waals surface area contributed by atoms with Crippen LogP contribution in [-0.4, -0.2) is 42.1 Å². The van der Waals surface area contributed by atoms with E-state index in [4.69, 9.17) is 5.11 Å². The molecular weight excluding hydrogens is 226 g/mol. The zero-order valence-electron chi connectivity index (χ0n) is 10.2. The number of hydrogen-bond donors (Lipinski definition) is 4. The number of hydrogen-bond acceptors (Lipinski definition) is 4. The first-order chi connectivity index (χ1) is 7.82. The van der Waals surface area contributed by atoms with Crippen LogP contribution in [0.2, 0.25) is 0 Å². The lowest BCUT2D eigenvalue weighted by Crippen LogP contribution is -2.46. The number of carbonyl (C=O) groups excluding carboxylic acids is 2. The molecule has 0 fully saturated rings. The molecule has 0 aliphatic carbocycles. The van der Waals surface area contributed by atoms with Gasteiger partial charge in [-0.2, -0.15) is 0 Å². The zero-order chi connectivity index (χ0) is 13.4. The number of nitrogens with one attached hydrogen (secondary N) is 3. The van der Waals surface area contributed by atoms with E-state index in [2.05, 4.69) is 16.0 Å². The van der Waals surface area contributed by atoms with E-state index in [1.807, 2.05) is 13.8 Å². The smallest absolute Gasteiger partial charge is 0.321 e. The lowest BCUT2D eigenvalue weighted by atomic mass is 10.2. The van der Waals surface area contributed by atoms with Gasteiger partial charge in [-0.05, 0) is 12.8 Å². The van der Waals surface area contributed by atoms with Crippen molar-refractivity contribution in [3.8, 4) is 0 Å². The van der Waals surface area contributed by atoms with Crippen LogP contribution >= 0.6 is 0 Å². The van der Waals surface area contributed by atoms with Crippen molar-refractivity contribution >= 4 is 17.9 Å². The molecule has 17 heavy (non-hydrogen) atoms. The van der Waals surface area contributed by atoms with Gasteiger partial charge in [-0.3, -0.25) is 20.2 Å². The summed E-state index contributed by atoms with van der Waals surface area (Å²) in [5.74, 6) is -1.33. The third-order valence-corrected chi connectivity index (χ3v) is 1.86. The highest BCUT2D eigenvalue weighted by Gasteiger charge is 2.13. The Labute approximate surface area is 100.0 Å². The van der Waals surface area contributed by atoms with E-state index in [1.54, 1.807) is 0 Å². The lowest BCUT2D eigenvalue weighted by Gasteiger charge is -2.10. The fourth-order valence-corrected chi connectivity index (χ4v) is 0.845. The van der Waals surface area contributed by atoms with Crippen LogP contribution in [0.4, 0.5) is 4.79 Å². The Hall–Kier alpha value is -1.63. The van der Waals surface area contributed by atoms with Crippen molar-refractivity contribution in [1.82, 2.24) is 16.0 Å². The Bertz CT molecular complexity index is 291. The first kappa shape index (κ1) is 15.4. The topological polar surface area (TPSA) is 108 Å². The van der Waals surface area contributed by atoms with Crippen molar-refractivity contribution < 1.29 is 19.5 Å². The van der Waals surface area contributed by atoms with Crippen LogP contribution in [0.3, 0.4) is 0 Å². The maximum absolute atomic E-state index is 11.2. The van der Waals surface area contributed by atoms with Gasteiger partial charge in [0.05, 0.1) is 6.54 Å². The van der Waals surface area contributed by atoms with E-state index in [0.717, 1.165) is 0 Å². The summed E-state index contributed by atoms with van der Waals surface area (Å²) in [7, 11) is 0. The Balaban J connectivity index is 3.79. The summed E-state index contributed by atoms with van der Waals surface area (Å²) in [4.78, 5) is 32.8. The highest BCUT2D eigenvalue weighted by atomic mass is 16.4. The predicted octanol–water partition coefficient (Wildman–Crippen LogP) is -0.469. The molecule has 0 saturated carbocycles. The quantitative estimate of drug-likeness (QED) is 0.506. The number of rotatable bonds is 6. The highest BCUT2D eigenvalue weighted by Crippen LogP contribution is 1.86. The van der Waals surface area contributed by atoms with Crippen LogP contribution in [0.5, 0.6) is 0 Å². The van der Waals surface area contributed by atoms with Gasteiger partial charge in [0.2, 0.25) is 5.91 Å². The monoisotopic (exact) mass is 245 g/mol. The summed E-state index contributed by atoms with van der Waals surface area (Å²) in [6.07, 6.45) is 0. The molecule has 7 nitrogen and oxygen atoms in total. The molecule has 1 atom stereocenters. The minimum Gasteiger partial charge on any atom is -0.480 e. The second-order valence-electron chi connectivity index (χ2n) is 4.09. The van der Waals surface area contributed by atoms with Gasteiger partial charge in [-0.15, -0.1) is 0 Å². The Morgan fingerprint density at radius 3 is 2.24 bits per heavy atom. The van der Waals surface area contributed by atoms with E-state index < -0.39 is 23.9 Å². The molecule has 0 radical (unpaired) electrons. The summed E-state index contributed by atoms with van der Waals surface area (Å²) in [5, 5.41) is 15.6. The second kappa shape index (κ2) is 7.61. The summed E-state index contributed by atoms with van der Waals surface area (Å²) in [5.41, 5.74) is 0. The number of carboxylic acids is 1. The Morgan fingerprint density at radius 2 is 1.76 bits per heavy atom. The van der Waals surface area contributed by atoms with Gasteiger partial charge >= 0.3 is 12.0 Å². The average molecular weight is 245 g/mol. The number of imide groups is 1. The van der Waals surface area contributed by atoms with Crippen LogP contribution < -0.4 is 16.0 Å². The Kier molecular flexibility index (Phi) is 6.88. The fourth-order valence-electron chi connectivity index (χ4n) is 0.845. The molecule has 3 amide bonds. The van der Waals surface area contributed by atoms with Gasteiger partial charge in [0.25, 0.3) is 0 Å². The number of carboxylic acid groups (broad SMARTS) is 1. The van der Waals surface area contributed by atoms with Gasteiger partial charge in [-0.25, -0.2) is 4.79 Å². The van der Waals surface area contributed by atoms with E-state index in [0.29, 0.717) is 12.5 Å². The zero-order valence-corrected chi connectivity index (χ0v) is 10.2. The van der Waals surface area contributed by atoms with Gasteiger partial charge < -0.3 is 10.4 Å². The van der Waals surface area contributed by atoms with E-state index in [-0.39, 0.29) is 6.54 Å². The second-order valence-corrected chi connectivity index (χ2v) is 4.09. The van der Waals surface area contributed by atoms with Crippen LogP contribution in [0, 0.1) is 5.92 Å². The molecular formula is C10H19N3O4. The van der Waals surface area contributed by atoms with Crippen molar-refractivity contribution in [3.05, 3.63) is 0 Å². The standard InChI is InChI=1S/C10H19N3O4/c1-6(2)4-12-10(17)13-8(14)5-11-7(3)9(15)16/h6-7,11H,4-5H2,1-3H3,(H,15,16)(H2,12,13,14,17). The SMILES string of the molecule is CC(C)CNC(=O)NC(=O)CNC(C)C(=O)O. The molecule has 0 aromatic carbocycles. The molecule has 0 aliphatic rings. The fraction of sp³-hybridized carbons (Fsp3) is 0.700. The third-order valence-electron chi connectivity index (χ3n) is 1.86. The highest BCUT2D eigenvalue weighted by molar-refractivity contribution is 5.95. The van der Waals surface area contributed by atoms with Crippen molar-refractivity contribution in [2.75, 3.05) is 13.1 Å². The normalized spacial score (nSPS) is 12.0. The largest absolute Gasteiger partial charge is 0.480 e. The van der Waals surface area contributed by atoms with E-state index in [9.17, 15) is 14.4 Å². The average Bonchev–Trinajstić information content (AvgIpc) is 2.22. The maximum Gasteiger partial charge on any atom is 0.321 e. The van der Waals surface area contributed by atoms with Gasteiger partial charge in [0, 0.05) is 6.54 Å². The number of urea groups is 1. The number of carbonyl (C=O) groups is 3. The third kappa shape index (κ3) is 8.21.